The smallest absolute Gasteiger partial charge is 0.0924 e. The Kier molecular flexibility index (Phi) is 4.97. The molecule has 3 heteroatoms. The number of benzene rings is 1. The summed E-state index contributed by atoms with van der Waals surface area (Å²) in [7, 11) is 0. The van der Waals surface area contributed by atoms with Crippen LogP contribution in [-0.2, 0) is 0 Å². The quantitative estimate of drug-likeness (QED) is 0.644. The van der Waals surface area contributed by atoms with Gasteiger partial charge in [-0.25, -0.2) is 0 Å². The zero-order valence-electron chi connectivity index (χ0n) is 11.8. The Morgan fingerprint density at radius 1 is 1.32 bits per heavy atom. The number of nitrogens with two attached hydrogens (primary N) is 1. The first-order valence-corrected chi connectivity index (χ1v) is 7.28. The average Bonchev–Trinajstić information content (AvgIpc) is 2.62. The highest BCUT2D eigenvalue weighted by molar-refractivity contribution is 5.77. The average molecular weight is 259 g/mol. The molecule has 0 spiro atoms. The molecule has 1 aromatic carbocycles. The molecule has 3 N–H and O–H groups in total. The van der Waals surface area contributed by atoms with Crippen LogP contribution in [-0.4, -0.2) is 23.8 Å². The third-order valence-corrected chi connectivity index (χ3v) is 4.09. The van der Waals surface area contributed by atoms with E-state index in [9.17, 15) is 0 Å². The van der Waals surface area contributed by atoms with Crippen LogP contribution in [0.1, 0.15) is 44.2 Å². The standard InChI is InChI=1S/C16H25N3/c1-13-6-5-10-19(11-9-13)15(12-16(17)18)14-7-3-2-4-8-14/h2-4,7-8,13,15H,5-6,9-12H2,1H3,(H3,17,18). The fourth-order valence-corrected chi connectivity index (χ4v) is 2.94. The molecule has 3 nitrogen and oxygen atoms in total. The van der Waals surface area contributed by atoms with Crippen LogP contribution in [0, 0.1) is 11.3 Å². The molecule has 1 aromatic rings. The van der Waals surface area contributed by atoms with E-state index >= 15 is 0 Å². The zero-order valence-corrected chi connectivity index (χ0v) is 11.8. The van der Waals surface area contributed by atoms with Crippen LogP contribution in [0.4, 0.5) is 0 Å². The monoisotopic (exact) mass is 259 g/mol. The van der Waals surface area contributed by atoms with E-state index in [-0.39, 0.29) is 11.9 Å². The summed E-state index contributed by atoms with van der Waals surface area (Å²) >= 11 is 0. The number of likely N-dealkylation sites (tertiary alicyclic amines) is 1. The van der Waals surface area contributed by atoms with Gasteiger partial charge in [0.2, 0.25) is 0 Å². The number of amidine groups is 1. The van der Waals surface area contributed by atoms with Gasteiger partial charge in [0.15, 0.2) is 0 Å². The lowest BCUT2D eigenvalue weighted by Crippen LogP contribution is -2.32. The molecule has 1 heterocycles. The van der Waals surface area contributed by atoms with Crippen molar-refractivity contribution in [1.29, 1.82) is 5.41 Å². The number of nitrogens with zero attached hydrogens (tertiary/aromatic N) is 1. The van der Waals surface area contributed by atoms with Gasteiger partial charge >= 0.3 is 0 Å². The fraction of sp³-hybridized carbons (Fsp3) is 0.562. The molecule has 0 bridgehead atoms. The van der Waals surface area contributed by atoms with Gasteiger partial charge in [0.25, 0.3) is 0 Å². The third-order valence-electron chi connectivity index (χ3n) is 4.09. The Hall–Kier alpha value is -1.35. The van der Waals surface area contributed by atoms with Crippen LogP contribution in [0.2, 0.25) is 0 Å². The lowest BCUT2D eigenvalue weighted by Gasteiger charge is -2.31. The van der Waals surface area contributed by atoms with Crippen LogP contribution < -0.4 is 5.73 Å². The Balaban J connectivity index is 2.15. The summed E-state index contributed by atoms with van der Waals surface area (Å²) in [6.45, 7) is 4.58. The molecule has 0 aromatic heterocycles. The maximum absolute atomic E-state index is 7.64. The Bertz CT molecular complexity index is 402. The molecule has 0 radical (unpaired) electrons. The van der Waals surface area contributed by atoms with E-state index in [0.717, 1.165) is 19.0 Å². The summed E-state index contributed by atoms with van der Waals surface area (Å²) in [5.74, 6) is 1.10. The minimum Gasteiger partial charge on any atom is -0.388 e. The number of nitrogens with one attached hydrogen (secondary N) is 1. The molecule has 1 saturated heterocycles. The molecule has 0 aliphatic carbocycles. The second-order valence-electron chi connectivity index (χ2n) is 5.73. The summed E-state index contributed by atoms with van der Waals surface area (Å²) in [5.41, 5.74) is 6.94. The maximum Gasteiger partial charge on any atom is 0.0924 e. The van der Waals surface area contributed by atoms with Crippen molar-refractivity contribution in [1.82, 2.24) is 4.90 Å². The van der Waals surface area contributed by atoms with E-state index in [1.165, 1.54) is 24.8 Å². The van der Waals surface area contributed by atoms with E-state index in [2.05, 4.69) is 36.1 Å². The summed E-state index contributed by atoms with van der Waals surface area (Å²) in [5, 5.41) is 7.64. The summed E-state index contributed by atoms with van der Waals surface area (Å²) < 4.78 is 0. The zero-order chi connectivity index (χ0) is 13.7. The lowest BCUT2D eigenvalue weighted by atomic mass is 10.0. The van der Waals surface area contributed by atoms with E-state index in [1.54, 1.807) is 0 Å². The number of rotatable bonds is 4. The number of hydrogen-bond donors (Lipinski definition) is 2. The van der Waals surface area contributed by atoms with E-state index in [4.69, 9.17) is 11.1 Å². The summed E-state index contributed by atoms with van der Waals surface area (Å²) in [6.07, 6.45) is 4.46. The summed E-state index contributed by atoms with van der Waals surface area (Å²) in [4.78, 5) is 2.51. The van der Waals surface area contributed by atoms with Gasteiger partial charge in [-0.15, -0.1) is 0 Å². The maximum atomic E-state index is 7.64. The van der Waals surface area contributed by atoms with Crippen LogP contribution >= 0.6 is 0 Å². The molecule has 2 rings (SSSR count). The molecule has 1 fully saturated rings. The van der Waals surface area contributed by atoms with E-state index in [1.807, 2.05) is 6.07 Å². The van der Waals surface area contributed by atoms with Crippen molar-refractivity contribution in [3.63, 3.8) is 0 Å². The molecular formula is C16H25N3. The first-order valence-electron chi connectivity index (χ1n) is 7.28. The van der Waals surface area contributed by atoms with Crippen molar-refractivity contribution in [3.8, 4) is 0 Å². The lowest BCUT2D eigenvalue weighted by molar-refractivity contribution is 0.207. The largest absolute Gasteiger partial charge is 0.388 e. The van der Waals surface area contributed by atoms with Crippen molar-refractivity contribution in [2.75, 3.05) is 13.1 Å². The normalized spacial score (nSPS) is 22.7. The van der Waals surface area contributed by atoms with E-state index in [0.29, 0.717) is 6.42 Å². The van der Waals surface area contributed by atoms with Crippen LogP contribution in [0.15, 0.2) is 30.3 Å². The predicted octanol–water partition coefficient (Wildman–Crippen LogP) is 3.18. The van der Waals surface area contributed by atoms with Crippen molar-refractivity contribution in [2.45, 2.75) is 38.6 Å². The molecule has 0 saturated carbocycles. The second-order valence-corrected chi connectivity index (χ2v) is 5.73. The van der Waals surface area contributed by atoms with Crippen molar-refractivity contribution < 1.29 is 0 Å². The molecule has 2 atom stereocenters. The second kappa shape index (κ2) is 6.71. The molecule has 1 aliphatic heterocycles. The topological polar surface area (TPSA) is 53.1 Å². The highest BCUT2D eigenvalue weighted by Gasteiger charge is 2.23. The number of hydrogen-bond acceptors (Lipinski definition) is 2. The molecule has 104 valence electrons. The molecule has 2 unspecified atom stereocenters. The minimum atomic E-state index is 0.268. The van der Waals surface area contributed by atoms with Gasteiger partial charge in [0, 0.05) is 12.5 Å². The van der Waals surface area contributed by atoms with Crippen molar-refractivity contribution in [3.05, 3.63) is 35.9 Å². The Morgan fingerprint density at radius 2 is 2.05 bits per heavy atom. The Labute approximate surface area is 116 Å². The SMILES string of the molecule is CC1CCCN(C(CC(=N)N)c2ccccc2)CC1. The fourth-order valence-electron chi connectivity index (χ4n) is 2.94. The third kappa shape index (κ3) is 4.06. The van der Waals surface area contributed by atoms with Gasteiger partial charge in [-0.05, 0) is 43.8 Å². The minimum absolute atomic E-state index is 0.268. The predicted molar refractivity (Wildman–Crippen MR) is 80.3 cm³/mol. The van der Waals surface area contributed by atoms with Crippen LogP contribution in [0.5, 0.6) is 0 Å². The molecule has 1 aliphatic rings. The highest BCUT2D eigenvalue weighted by Crippen LogP contribution is 2.28. The Morgan fingerprint density at radius 3 is 2.74 bits per heavy atom. The van der Waals surface area contributed by atoms with Gasteiger partial charge in [-0.2, -0.15) is 0 Å². The van der Waals surface area contributed by atoms with Gasteiger partial charge in [0.05, 0.1) is 5.84 Å². The van der Waals surface area contributed by atoms with Crippen LogP contribution in [0.3, 0.4) is 0 Å². The summed E-state index contributed by atoms with van der Waals surface area (Å²) in [6, 6.07) is 10.8. The van der Waals surface area contributed by atoms with Crippen LogP contribution in [0.25, 0.3) is 0 Å². The van der Waals surface area contributed by atoms with Crippen molar-refractivity contribution in [2.24, 2.45) is 11.7 Å². The molecule has 19 heavy (non-hydrogen) atoms. The van der Waals surface area contributed by atoms with Gasteiger partial charge < -0.3 is 5.73 Å². The first kappa shape index (κ1) is 14.1. The van der Waals surface area contributed by atoms with Gasteiger partial charge in [-0.3, -0.25) is 10.3 Å². The van der Waals surface area contributed by atoms with Gasteiger partial charge in [-0.1, -0.05) is 37.3 Å². The van der Waals surface area contributed by atoms with E-state index < -0.39 is 0 Å². The molecule has 0 amide bonds. The van der Waals surface area contributed by atoms with Crippen molar-refractivity contribution >= 4 is 5.84 Å². The van der Waals surface area contributed by atoms with Gasteiger partial charge in [0.1, 0.15) is 0 Å². The highest BCUT2D eigenvalue weighted by atomic mass is 15.2. The first-order chi connectivity index (χ1) is 9.16. The molecular weight excluding hydrogens is 234 g/mol.